The summed E-state index contributed by atoms with van der Waals surface area (Å²) in [6.45, 7) is -1.02. The topological polar surface area (TPSA) is 50.4 Å². The first-order valence-corrected chi connectivity index (χ1v) is 5.52. The first kappa shape index (κ1) is 14.4. The lowest BCUT2D eigenvalue weighted by molar-refractivity contribution is -0.122. The van der Waals surface area contributed by atoms with Gasteiger partial charge in [0.2, 0.25) is 5.91 Å². The largest absolute Gasteiger partial charge is 0.434 e. The van der Waals surface area contributed by atoms with Gasteiger partial charge in [-0.1, -0.05) is 18.2 Å². The molecule has 0 saturated carbocycles. The zero-order valence-corrected chi connectivity index (χ0v) is 10.2. The predicted molar refractivity (Wildman–Crippen MR) is 63.4 cm³/mol. The highest BCUT2D eigenvalue weighted by molar-refractivity contribution is 5.81. The van der Waals surface area contributed by atoms with E-state index in [1.165, 1.54) is 6.07 Å². The van der Waals surface area contributed by atoms with Crippen molar-refractivity contribution in [2.75, 3.05) is 7.05 Å². The second-order valence-corrected chi connectivity index (χ2v) is 3.71. The van der Waals surface area contributed by atoms with Crippen molar-refractivity contribution < 1.29 is 18.3 Å². The number of carbonyl (C=O) groups is 1. The fourth-order valence-electron chi connectivity index (χ4n) is 1.33. The van der Waals surface area contributed by atoms with E-state index in [4.69, 9.17) is 0 Å². The minimum absolute atomic E-state index is 0.0740. The summed E-state index contributed by atoms with van der Waals surface area (Å²) in [6.07, 6.45) is 0. The third kappa shape index (κ3) is 4.29. The maximum absolute atomic E-state index is 12.2. The average molecular weight is 258 g/mol. The first-order valence-electron chi connectivity index (χ1n) is 5.52. The smallest absolute Gasteiger partial charge is 0.387 e. The predicted octanol–water partition coefficient (Wildman–Crippen LogP) is 1.51. The van der Waals surface area contributed by atoms with Crippen LogP contribution >= 0.6 is 0 Å². The number of halogens is 2. The Kier molecular flexibility index (Phi) is 5.51. The number of benzene rings is 1. The van der Waals surface area contributed by atoms with Gasteiger partial charge in [-0.25, -0.2) is 0 Å². The molecule has 1 amide bonds. The highest BCUT2D eigenvalue weighted by Crippen LogP contribution is 2.19. The number of para-hydroxylation sites is 1. The van der Waals surface area contributed by atoms with Crippen LogP contribution in [0, 0.1) is 0 Å². The molecule has 1 aromatic carbocycles. The summed E-state index contributed by atoms with van der Waals surface area (Å²) < 4.78 is 28.7. The summed E-state index contributed by atoms with van der Waals surface area (Å²) in [5, 5.41) is 5.42. The summed E-state index contributed by atoms with van der Waals surface area (Å²) in [5.74, 6) is -0.130. The molecular weight excluding hydrogens is 242 g/mol. The second-order valence-electron chi connectivity index (χ2n) is 3.71. The van der Waals surface area contributed by atoms with Gasteiger partial charge in [-0.15, -0.1) is 0 Å². The Hall–Kier alpha value is -1.69. The van der Waals surface area contributed by atoms with Crippen molar-refractivity contribution in [2.24, 2.45) is 0 Å². The SMILES string of the molecule is CNC(C)C(=O)NCc1ccccc1OC(F)F. The number of amides is 1. The number of hydrogen-bond acceptors (Lipinski definition) is 3. The summed E-state index contributed by atoms with van der Waals surface area (Å²) >= 11 is 0. The standard InChI is InChI=1S/C12H16F2N2O2/c1-8(15-2)11(17)16-7-9-5-3-4-6-10(9)18-12(13)14/h3-6,8,12,15H,7H2,1-2H3,(H,16,17). The van der Waals surface area contributed by atoms with Crippen LogP contribution in [0.2, 0.25) is 0 Å². The summed E-state index contributed by atoms with van der Waals surface area (Å²) in [6, 6.07) is 6.02. The van der Waals surface area contributed by atoms with Gasteiger partial charge in [-0.3, -0.25) is 4.79 Å². The third-order valence-electron chi connectivity index (χ3n) is 2.47. The number of rotatable bonds is 6. The molecule has 0 aromatic heterocycles. The van der Waals surface area contributed by atoms with E-state index in [9.17, 15) is 13.6 Å². The summed E-state index contributed by atoms with van der Waals surface area (Å²) in [5.41, 5.74) is 0.509. The zero-order chi connectivity index (χ0) is 13.5. The highest BCUT2D eigenvalue weighted by Gasteiger charge is 2.12. The molecule has 100 valence electrons. The molecule has 1 aromatic rings. The van der Waals surface area contributed by atoms with Gasteiger partial charge < -0.3 is 15.4 Å². The molecule has 2 N–H and O–H groups in total. The van der Waals surface area contributed by atoms with E-state index in [1.54, 1.807) is 32.2 Å². The van der Waals surface area contributed by atoms with Crippen LogP contribution < -0.4 is 15.4 Å². The van der Waals surface area contributed by atoms with E-state index in [1.807, 2.05) is 0 Å². The van der Waals surface area contributed by atoms with Crippen molar-refractivity contribution in [3.8, 4) is 5.75 Å². The van der Waals surface area contributed by atoms with Gasteiger partial charge in [-0.05, 0) is 20.0 Å². The Morgan fingerprint density at radius 2 is 2.06 bits per heavy atom. The Labute approximate surface area is 104 Å². The Morgan fingerprint density at radius 3 is 2.67 bits per heavy atom. The van der Waals surface area contributed by atoms with Gasteiger partial charge in [0.15, 0.2) is 0 Å². The third-order valence-corrected chi connectivity index (χ3v) is 2.47. The molecular formula is C12H16F2N2O2. The lowest BCUT2D eigenvalue weighted by atomic mass is 10.2. The maximum Gasteiger partial charge on any atom is 0.387 e. The molecule has 18 heavy (non-hydrogen) atoms. The number of ether oxygens (including phenoxy) is 1. The number of likely N-dealkylation sites (N-methyl/N-ethyl adjacent to an activating group) is 1. The van der Waals surface area contributed by atoms with Crippen molar-refractivity contribution in [3.05, 3.63) is 29.8 Å². The zero-order valence-electron chi connectivity index (χ0n) is 10.2. The number of alkyl halides is 2. The van der Waals surface area contributed by atoms with Crippen LogP contribution in [-0.2, 0) is 11.3 Å². The molecule has 0 fully saturated rings. The van der Waals surface area contributed by atoms with Crippen molar-refractivity contribution >= 4 is 5.91 Å². The fourth-order valence-corrected chi connectivity index (χ4v) is 1.33. The normalized spacial score (nSPS) is 12.3. The van der Waals surface area contributed by atoms with E-state index < -0.39 is 6.61 Å². The lowest BCUT2D eigenvalue weighted by Gasteiger charge is -2.13. The second kappa shape index (κ2) is 6.90. The fraction of sp³-hybridized carbons (Fsp3) is 0.417. The number of hydrogen-bond donors (Lipinski definition) is 2. The van der Waals surface area contributed by atoms with Crippen LogP contribution in [0.1, 0.15) is 12.5 Å². The minimum Gasteiger partial charge on any atom is -0.434 e. The van der Waals surface area contributed by atoms with Gasteiger partial charge in [0.1, 0.15) is 5.75 Å². The average Bonchev–Trinajstić information content (AvgIpc) is 2.35. The van der Waals surface area contributed by atoms with Crippen LogP contribution in [0.3, 0.4) is 0 Å². The van der Waals surface area contributed by atoms with E-state index in [2.05, 4.69) is 15.4 Å². The molecule has 0 bridgehead atoms. The van der Waals surface area contributed by atoms with Gasteiger partial charge in [0.05, 0.1) is 6.04 Å². The molecule has 0 spiro atoms. The van der Waals surface area contributed by atoms with Gasteiger partial charge in [0, 0.05) is 12.1 Å². The van der Waals surface area contributed by atoms with Crippen molar-refractivity contribution in [2.45, 2.75) is 26.1 Å². The molecule has 0 aliphatic heterocycles. The number of carbonyl (C=O) groups excluding carboxylic acids is 1. The molecule has 0 aliphatic rings. The van der Waals surface area contributed by atoms with Crippen LogP contribution in [0.15, 0.2) is 24.3 Å². The van der Waals surface area contributed by atoms with Gasteiger partial charge in [-0.2, -0.15) is 8.78 Å². The van der Waals surface area contributed by atoms with E-state index in [-0.39, 0.29) is 24.2 Å². The summed E-state index contributed by atoms with van der Waals surface area (Å²) in [7, 11) is 1.66. The molecule has 6 heteroatoms. The minimum atomic E-state index is -2.88. The Bertz CT molecular complexity index is 399. The van der Waals surface area contributed by atoms with Crippen LogP contribution in [0.4, 0.5) is 8.78 Å². The summed E-state index contributed by atoms with van der Waals surface area (Å²) in [4.78, 5) is 11.5. The highest BCUT2D eigenvalue weighted by atomic mass is 19.3. The Balaban J connectivity index is 2.64. The van der Waals surface area contributed by atoms with Crippen LogP contribution in [0.5, 0.6) is 5.75 Å². The maximum atomic E-state index is 12.2. The molecule has 1 atom stereocenters. The quantitative estimate of drug-likeness (QED) is 0.813. The molecule has 0 radical (unpaired) electrons. The van der Waals surface area contributed by atoms with E-state index in [0.717, 1.165) is 0 Å². The molecule has 1 rings (SSSR count). The molecule has 0 saturated heterocycles. The van der Waals surface area contributed by atoms with Gasteiger partial charge >= 0.3 is 6.61 Å². The van der Waals surface area contributed by atoms with Crippen molar-refractivity contribution in [1.82, 2.24) is 10.6 Å². The molecule has 1 unspecified atom stereocenters. The monoisotopic (exact) mass is 258 g/mol. The first-order chi connectivity index (χ1) is 8.54. The molecule has 0 heterocycles. The molecule has 4 nitrogen and oxygen atoms in total. The van der Waals surface area contributed by atoms with Crippen LogP contribution in [0.25, 0.3) is 0 Å². The number of nitrogens with one attached hydrogen (secondary N) is 2. The van der Waals surface area contributed by atoms with E-state index in [0.29, 0.717) is 5.56 Å². The van der Waals surface area contributed by atoms with Crippen molar-refractivity contribution in [3.63, 3.8) is 0 Å². The van der Waals surface area contributed by atoms with Crippen LogP contribution in [-0.4, -0.2) is 25.6 Å². The molecule has 0 aliphatic carbocycles. The lowest BCUT2D eigenvalue weighted by Crippen LogP contribution is -2.40. The van der Waals surface area contributed by atoms with Gasteiger partial charge in [0.25, 0.3) is 0 Å². The Morgan fingerprint density at radius 1 is 1.39 bits per heavy atom. The van der Waals surface area contributed by atoms with Crippen molar-refractivity contribution in [1.29, 1.82) is 0 Å². The van der Waals surface area contributed by atoms with E-state index >= 15 is 0 Å².